The van der Waals surface area contributed by atoms with Crippen LogP contribution in [0.4, 0.5) is 11.5 Å². The first kappa shape index (κ1) is 19.9. The van der Waals surface area contributed by atoms with Crippen LogP contribution in [0.3, 0.4) is 0 Å². The van der Waals surface area contributed by atoms with E-state index in [1.165, 1.54) is 25.7 Å². The molecule has 1 aliphatic carbocycles. The summed E-state index contributed by atoms with van der Waals surface area (Å²) in [7, 11) is 0. The molecular formula is C23H29N3O2. The standard InChI is InChI=1S/C23H29N3O2/c1-17(2)28-21-11-9-20(10-12-21)26-23(27)19-8-13-22(25-16-19)24-15-14-18-6-4-3-5-7-18/h6,8-13,16-17H,3-5,7,14-15H2,1-2H3,(H,24,25)(H,26,27). The highest BCUT2D eigenvalue weighted by Crippen LogP contribution is 2.20. The summed E-state index contributed by atoms with van der Waals surface area (Å²) in [6.07, 6.45) is 10.2. The lowest BCUT2D eigenvalue weighted by Crippen LogP contribution is -2.13. The quantitative estimate of drug-likeness (QED) is 0.601. The first-order valence-electron chi connectivity index (χ1n) is 10.1. The zero-order valence-electron chi connectivity index (χ0n) is 16.7. The molecule has 2 N–H and O–H groups in total. The average molecular weight is 380 g/mol. The molecule has 0 bridgehead atoms. The van der Waals surface area contributed by atoms with E-state index >= 15 is 0 Å². The maximum atomic E-state index is 12.4. The number of allylic oxidation sites excluding steroid dienone is 1. The predicted octanol–water partition coefficient (Wildman–Crippen LogP) is 5.42. The van der Waals surface area contributed by atoms with Gasteiger partial charge in [0.15, 0.2) is 0 Å². The Hall–Kier alpha value is -2.82. The molecule has 2 aromatic rings. The third kappa shape index (κ3) is 6.12. The minimum absolute atomic E-state index is 0.123. The molecule has 1 aromatic heterocycles. The number of carbonyl (C=O) groups is 1. The van der Waals surface area contributed by atoms with Crippen LogP contribution in [0.5, 0.6) is 5.75 Å². The highest BCUT2D eigenvalue weighted by Gasteiger charge is 2.08. The Bertz CT molecular complexity index is 796. The van der Waals surface area contributed by atoms with Crippen molar-refractivity contribution in [1.82, 2.24) is 4.98 Å². The molecule has 1 aromatic carbocycles. The van der Waals surface area contributed by atoms with Gasteiger partial charge in [-0.3, -0.25) is 4.79 Å². The van der Waals surface area contributed by atoms with Gasteiger partial charge in [-0.15, -0.1) is 0 Å². The fraction of sp³-hybridized carbons (Fsp3) is 0.391. The molecule has 0 fully saturated rings. The molecule has 0 saturated heterocycles. The Morgan fingerprint density at radius 2 is 1.96 bits per heavy atom. The second-order valence-corrected chi connectivity index (χ2v) is 7.36. The topological polar surface area (TPSA) is 63.2 Å². The summed E-state index contributed by atoms with van der Waals surface area (Å²) >= 11 is 0. The fourth-order valence-electron chi connectivity index (χ4n) is 3.21. The van der Waals surface area contributed by atoms with Gasteiger partial charge in [0.2, 0.25) is 0 Å². The van der Waals surface area contributed by atoms with Crippen molar-refractivity contribution in [3.05, 3.63) is 59.8 Å². The monoisotopic (exact) mass is 379 g/mol. The highest BCUT2D eigenvalue weighted by molar-refractivity contribution is 6.04. The molecule has 148 valence electrons. The molecule has 3 rings (SSSR count). The predicted molar refractivity (Wildman–Crippen MR) is 114 cm³/mol. The number of amides is 1. The number of pyridine rings is 1. The Morgan fingerprint density at radius 3 is 2.61 bits per heavy atom. The Balaban J connectivity index is 1.48. The van der Waals surface area contributed by atoms with E-state index < -0.39 is 0 Å². The fourth-order valence-corrected chi connectivity index (χ4v) is 3.21. The van der Waals surface area contributed by atoms with E-state index in [0.29, 0.717) is 5.56 Å². The first-order valence-corrected chi connectivity index (χ1v) is 10.1. The molecule has 0 aliphatic heterocycles. The molecule has 0 spiro atoms. The zero-order chi connectivity index (χ0) is 19.8. The minimum Gasteiger partial charge on any atom is -0.491 e. The van der Waals surface area contributed by atoms with Crippen LogP contribution in [0.1, 0.15) is 56.3 Å². The van der Waals surface area contributed by atoms with Gasteiger partial charge in [0.25, 0.3) is 5.91 Å². The molecule has 0 atom stereocenters. The minimum atomic E-state index is -0.177. The number of benzene rings is 1. The molecule has 28 heavy (non-hydrogen) atoms. The maximum absolute atomic E-state index is 12.4. The van der Waals surface area contributed by atoms with Crippen LogP contribution in [0.15, 0.2) is 54.2 Å². The lowest BCUT2D eigenvalue weighted by Gasteiger charge is -2.13. The molecule has 0 saturated carbocycles. The second kappa shape index (κ2) is 9.93. The van der Waals surface area contributed by atoms with Gasteiger partial charge in [-0.25, -0.2) is 4.98 Å². The number of ether oxygens (including phenoxy) is 1. The van der Waals surface area contributed by atoms with Crippen LogP contribution in [-0.4, -0.2) is 23.5 Å². The van der Waals surface area contributed by atoms with Gasteiger partial charge in [-0.1, -0.05) is 11.6 Å². The second-order valence-electron chi connectivity index (χ2n) is 7.36. The van der Waals surface area contributed by atoms with Crippen molar-refractivity contribution in [2.75, 3.05) is 17.2 Å². The van der Waals surface area contributed by atoms with Gasteiger partial charge in [0, 0.05) is 18.4 Å². The van der Waals surface area contributed by atoms with E-state index in [1.54, 1.807) is 17.8 Å². The Labute approximate surface area is 167 Å². The van der Waals surface area contributed by atoms with Gasteiger partial charge in [-0.05, 0) is 82.3 Å². The Kier molecular flexibility index (Phi) is 7.06. The number of hydrogen-bond donors (Lipinski definition) is 2. The number of nitrogens with one attached hydrogen (secondary N) is 2. The molecule has 5 heteroatoms. The van der Waals surface area contributed by atoms with Gasteiger partial charge < -0.3 is 15.4 Å². The number of rotatable bonds is 8. The van der Waals surface area contributed by atoms with Crippen molar-refractivity contribution < 1.29 is 9.53 Å². The van der Waals surface area contributed by atoms with Crippen molar-refractivity contribution in [3.8, 4) is 5.75 Å². The normalized spacial score (nSPS) is 13.8. The summed E-state index contributed by atoms with van der Waals surface area (Å²) in [5.74, 6) is 1.40. The molecule has 1 heterocycles. The molecule has 1 amide bonds. The summed E-state index contributed by atoms with van der Waals surface area (Å²) < 4.78 is 5.61. The van der Waals surface area contributed by atoms with Crippen LogP contribution in [0, 0.1) is 0 Å². The maximum Gasteiger partial charge on any atom is 0.257 e. The van der Waals surface area contributed by atoms with E-state index in [9.17, 15) is 4.79 Å². The van der Waals surface area contributed by atoms with Gasteiger partial charge in [-0.2, -0.15) is 0 Å². The Morgan fingerprint density at radius 1 is 1.14 bits per heavy atom. The average Bonchev–Trinajstić information content (AvgIpc) is 2.70. The molecular weight excluding hydrogens is 350 g/mol. The van der Waals surface area contributed by atoms with Crippen molar-refractivity contribution in [1.29, 1.82) is 0 Å². The highest BCUT2D eigenvalue weighted by atomic mass is 16.5. The smallest absolute Gasteiger partial charge is 0.257 e. The van der Waals surface area contributed by atoms with E-state index in [0.717, 1.165) is 30.2 Å². The van der Waals surface area contributed by atoms with E-state index in [4.69, 9.17) is 4.74 Å². The van der Waals surface area contributed by atoms with E-state index in [-0.39, 0.29) is 12.0 Å². The summed E-state index contributed by atoms with van der Waals surface area (Å²) in [6, 6.07) is 11.0. The molecule has 1 aliphatic rings. The lowest BCUT2D eigenvalue weighted by molar-refractivity contribution is 0.102. The van der Waals surface area contributed by atoms with Gasteiger partial charge >= 0.3 is 0 Å². The zero-order valence-corrected chi connectivity index (χ0v) is 16.7. The van der Waals surface area contributed by atoms with Crippen molar-refractivity contribution in [3.63, 3.8) is 0 Å². The third-order valence-corrected chi connectivity index (χ3v) is 4.65. The van der Waals surface area contributed by atoms with Crippen LogP contribution < -0.4 is 15.4 Å². The largest absolute Gasteiger partial charge is 0.491 e. The first-order chi connectivity index (χ1) is 13.6. The van der Waals surface area contributed by atoms with Crippen molar-refractivity contribution >= 4 is 17.4 Å². The van der Waals surface area contributed by atoms with Gasteiger partial charge in [0.1, 0.15) is 11.6 Å². The van der Waals surface area contributed by atoms with E-state index in [1.807, 2.05) is 44.2 Å². The van der Waals surface area contributed by atoms with E-state index in [2.05, 4.69) is 21.7 Å². The van der Waals surface area contributed by atoms with Crippen LogP contribution in [0.2, 0.25) is 0 Å². The number of nitrogens with zero attached hydrogens (tertiary/aromatic N) is 1. The molecule has 0 radical (unpaired) electrons. The number of hydrogen-bond acceptors (Lipinski definition) is 4. The third-order valence-electron chi connectivity index (χ3n) is 4.65. The lowest BCUT2D eigenvalue weighted by atomic mass is 9.97. The SMILES string of the molecule is CC(C)Oc1ccc(NC(=O)c2ccc(NCCC3=CCCCC3)nc2)cc1. The number of carbonyl (C=O) groups excluding carboxylic acids is 1. The summed E-state index contributed by atoms with van der Waals surface area (Å²) in [5, 5.41) is 6.21. The van der Waals surface area contributed by atoms with Crippen molar-refractivity contribution in [2.24, 2.45) is 0 Å². The van der Waals surface area contributed by atoms with Crippen LogP contribution in [0.25, 0.3) is 0 Å². The van der Waals surface area contributed by atoms with Crippen LogP contribution >= 0.6 is 0 Å². The summed E-state index contributed by atoms with van der Waals surface area (Å²) in [4.78, 5) is 16.8. The van der Waals surface area contributed by atoms with Gasteiger partial charge in [0.05, 0.1) is 11.7 Å². The van der Waals surface area contributed by atoms with Crippen LogP contribution in [-0.2, 0) is 0 Å². The van der Waals surface area contributed by atoms with Crippen molar-refractivity contribution in [2.45, 2.75) is 52.1 Å². The number of anilines is 2. The summed E-state index contributed by atoms with van der Waals surface area (Å²) in [6.45, 7) is 4.83. The number of aromatic nitrogens is 1. The summed E-state index contributed by atoms with van der Waals surface area (Å²) in [5.41, 5.74) is 2.80. The molecule has 5 nitrogen and oxygen atoms in total. The molecule has 0 unspecified atom stereocenters.